The zero-order valence-electron chi connectivity index (χ0n) is 10.2. The molecule has 4 heteroatoms. The lowest BCUT2D eigenvalue weighted by Gasteiger charge is -2.24. The minimum absolute atomic E-state index is 0.0957. The van der Waals surface area contributed by atoms with Crippen LogP contribution in [-0.4, -0.2) is 44.2 Å². The Hall–Kier alpha value is -0.610. The lowest BCUT2D eigenvalue weighted by Crippen LogP contribution is -2.40. The Kier molecular flexibility index (Phi) is 8.33. The topological polar surface area (TPSA) is 55.6 Å². The highest BCUT2D eigenvalue weighted by molar-refractivity contribution is 5.78. The molecule has 0 saturated carbocycles. The molecule has 0 aliphatic carbocycles. The quantitative estimate of drug-likeness (QED) is 0.654. The molecular weight excluding hydrogens is 192 g/mol. The first-order chi connectivity index (χ1) is 7.17. The fourth-order valence-electron chi connectivity index (χ4n) is 1.56. The van der Waals surface area contributed by atoms with E-state index in [1.165, 1.54) is 0 Å². The zero-order valence-corrected chi connectivity index (χ0v) is 10.2. The first-order valence-corrected chi connectivity index (χ1v) is 5.65. The Labute approximate surface area is 92.8 Å². The summed E-state index contributed by atoms with van der Waals surface area (Å²) in [4.78, 5) is 13.7. The van der Waals surface area contributed by atoms with Gasteiger partial charge in [0.15, 0.2) is 0 Å². The molecule has 90 valence electrons. The van der Waals surface area contributed by atoms with Crippen LogP contribution in [0, 0.1) is 5.92 Å². The highest BCUT2D eigenvalue weighted by Crippen LogP contribution is 2.09. The van der Waals surface area contributed by atoms with Crippen LogP contribution in [0.2, 0.25) is 0 Å². The number of nitrogens with two attached hydrogens (primary N) is 1. The Morgan fingerprint density at radius 3 is 2.60 bits per heavy atom. The van der Waals surface area contributed by atoms with Crippen LogP contribution in [0.5, 0.6) is 0 Å². The van der Waals surface area contributed by atoms with Gasteiger partial charge < -0.3 is 15.4 Å². The Morgan fingerprint density at radius 2 is 2.13 bits per heavy atom. The first kappa shape index (κ1) is 14.4. The number of ether oxygens (including phenoxy) is 1. The third-order valence-electron chi connectivity index (χ3n) is 2.42. The predicted octanol–water partition coefficient (Wildman–Crippen LogP) is 0.856. The van der Waals surface area contributed by atoms with Gasteiger partial charge in [0.05, 0.1) is 6.61 Å². The number of nitrogens with zero attached hydrogens (tertiary/aromatic N) is 1. The average Bonchev–Trinajstić information content (AvgIpc) is 2.23. The molecule has 0 fully saturated rings. The number of methoxy groups -OCH3 is 1. The van der Waals surface area contributed by atoms with E-state index < -0.39 is 0 Å². The van der Waals surface area contributed by atoms with E-state index in [9.17, 15) is 4.79 Å². The molecule has 0 rings (SSSR count). The smallest absolute Gasteiger partial charge is 0.225 e. The van der Waals surface area contributed by atoms with Gasteiger partial charge in [-0.1, -0.05) is 20.3 Å². The Balaban J connectivity index is 4.13. The molecule has 0 heterocycles. The molecule has 1 unspecified atom stereocenters. The average molecular weight is 216 g/mol. The van der Waals surface area contributed by atoms with Crippen molar-refractivity contribution in [3.05, 3.63) is 0 Å². The largest absolute Gasteiger partial charge is 0.383 e. The van der Waals surface area contributed by atoms with E-state index in [0.29, 0.717) is 26.2 Å². The third kappa shape index (κ3) is 5.74. The lowest BCUT2D eigenvalue weighted by molar-refractivity contribution is -0.135. The van der Waals surface area contributed by atoms with Crippen molar-refractivity contribution in [3.8, 4) is 0 Å². The summed E-state index contributed by atoms with van der Waals surface area (Å²) < 4.78 is 4.97. The van der Waals surface area contributed by atoms with E-state index in [0.717, 1.165) is 12.8 Å². The molecule has 2 N–H and O–H groups in total. The Bertz CT molecular complexity index is 174. The van der Waals surface area contributed by atoms with Crippen LogP contribution in [0.3, 0.4) is 0 Å². The summed E-state index contributed by atoms with van der Waals surface area (Å²) in [6, 6.07) is 0. The van der Waals surface area contributed by atoms with E-state index in [1.807, 2.05) is 6.92 Å². The molecule has 0 spiro atoms. The maximum Gasteiger partial charge on any atom is 0.225 e. The van der Waals surface area contributed by atoms with Crippen molar-refractivity contribution in [2.24, 2.45) is 11.7 Å². The molecule has 1 atom stereocenters. The van der Waals surface area contributed by atoms with Gasteiger partial charge >= 0.3 is 0 Å². The molecule has 0 aromatic carbocycles. The fraction of sp³-hybridized carbons (Fsp3) is 0.909. The minimum Gasteiger partial charge on any atom is -0.383 e. The van der Waals surface area contributed by atoms with Crippen LogP contribution in [0.25, 0.3) is 0 Å². The van der Waals surface area contributed by atoms with Crippen molar-refractivity contribution in [2.75, 3.05) is 33.4 Å². The molecule has 0 aromatic heterocycles. The van der Waals surface area contributed by atoms with Crippen molar-refractivity contribution >= 4 is 5.91 Å². The van der Waals surface area contributed by atoms with Crippen LogP contribution in [0.15, 0.2) is 0 Å². The summed E-state index contributed by atoms with van der Waals surface area (Å²) in [7, 11) is 1.64. The monoisotopic (exact) mass is 216 g/mol. The van der Waals surface area contributed by atoms with Gasteiger partial charge in [0.2, 0.25) is 5.91 Å². The highest BCUT2D eigenvalue weighted by Gasteiger charge is 2.18. The van der Waals surface area contributed by atoms with Crippen molar-refractivity contribution in [1.82, 2.24) is 4.90 Å². The van der Waals surface area contributed by atoms with Gasteiger partial charge in [-0.15, -0.1) is 0 Å². The van der Waals surface area contributed by atoms with Crippen LogP contribution in [0.1, 0.15) is 26.7 Å². The minimum atomic E-state index is 0.0957. The number of hydrogen-bond donors (Lipinski definition) is 1. The second-order valence-corrected chi connectivity index (χ2v) is 3.80. The summed E-state index contributed by atoms with van der Waals surface area (Å²) in [5.41, 5.74) is 5.48. The van der Waals surface area contributed by atoms with Crippen LogP contribution in [-0.2, 0) is 9.53 Å². The van der Waals surface area contributed by atoms with E-state index >= 15 is 0 Å². The molecule has 1 amide bonds. The van der Waals surface area contributed by atoms with Gasteiger partial charge in [0, 0.05) is 32.7 Å². The van der Waals surface area contributed by atoms with Crippen molar-refractivity contribution in [1.29, 1.82) is 0 Å². The zero-order chi connectivity index (χ0) is 11.7. The Morgan fingerprint density at radius 1 is 1.47 bits per heavy atom. The molecule has 0 radical (unpaired) electrons. The summed E-state index contributed by atoms with van der Waals surface area (Å²) in [6.07, 6.45) is 1.97. The van der Waals surface area contributed by atoms with E-state index in [-0.39, 0.29) is 11.8 Å². The first-order valence-electron chi connectivity index (χ1n) is 5.65. The van der Waals surface area contributed by atoms with Crippen LogP contribution < -0.4 is 5.73 Å². The summed E-state index contributed by atoms with van der Waals surface area (Å²) in [5, 5.41) is 0. The number of hydrogen-bond acceptors (Lipinski definition) is 3. The standard InChI is InChI=1S/C11H24N2O2/c1-4-5-10(2)11(14)13(7-6-12)8-9-15-3/h10H,4-9,12H2,1-3H3. The van der Waals surface area contributed by atoms with Crippen LogP contribution in [0.4, 0.5) is 0 Å². The highest BCUT2D eigenvalue weighted by atomic mass is 16.5. The molecular formula is C11H24N2O2. The maximum atomic E-state index is 11.9. The molecule has 0 aromatic rings. The number of rotatable bonds is 8. The molecule has 0 bridgehead atoms. The molecule has 4 nitrogen and oxygen atoms in total. The molecule has 0 aliphatic heterocycles. The van der Waals surface area contributed by atoms with Crippen molar-refractivity contribution < 1.29 is 9.53 Å². The molecule has 15 heavy (non-hydrogen) atoms. The summed E-state index contributed by atoms with van der Waals surface area (Å²) in [5.74, 6) is 0.290. The van der Waals surface area contributed by atoms with Gasteiger partial charge in [-0.3, -0.25) is 4.79 Å². The fourth-order valence-corrected chi connectivity index (χ4v) is 1.56. The SMILES string of the molecule is CCCC(C)C(=O)N(CCN)CCOC. The number of carbonyl (C=O) groups excluding carboxylic acids is 1. The third-order valence-corrected chi connectivity index (χ3v) is 2.42. The maximum absolute atomic E-state index is 11.9. The van der Waals surface area contributed by atoms with Gasteiger partial charge in [0.1, 0.15) is 0 Å². The van der Waals surface area contributed by atoms with Crippen molar-refractivity contribution in [2.45, 2.75) is 26.7 Å². The van der Waals surface area contributed by atoms with E-state index in [2.05, 4.69) is 6.92 Å². The van der Waals surface area contributed by atoms with E-state index in [1.54, 1.807) is 12.0 Å². The van der Waals surface area contributed by atoms with Crippen molar-refractivity contribution in [3.63, 3.8) is 0 Å². The second kappa shape index (κ2) is 8.68. The molecule has 0 saturated heterocycles. The lowest BCUT2D eigenvalue weighted by atomic mass is 10.0. The van der Waals surface area contributed by atoms with Gasteiger partial charge in [0.25, 0.3) is 0 Å². The number of carbonyl (C=O) groups is 1. The van der Waals surface area contributed by atoms with E-state index in [4.69, 9.17) is 10.5 Å². The van der Waals surface area contributed by atoms with Crippen LogP contribution >= 0.6 is 0 Å². The predicted molar refractivity (Wildman–Crippen MR) is 61.6 cm³/mol. The van der Waals surface area contributed by atoms with Gasteiger partial charge in [-0.2, -0.15) is 0 Å². The van der Waals surface area contributed by atoms with Gasteiger partial charge in [-0.25, -0.2) is 0 Å². The van der Waals surface area contributed by atoms with Gasteiger partial charge in [-0.05, 0) is 6.42 Å². The normalized spacial score (nSPS) is 12.5. The second-order valence-electron chi connectivity index (χ2n) is 3.80. The summed E-state index contributed by atoms with van der Waals surface area (Å²) >= 11 is 0. The number of amides is 1. The molecule has 0 aliphatic rings. The summed E-state index contributed by atoms with van der Waals surface area (Å²) in [6.45, 7) is 6.41.